The number of aromatic nitrogens is 2. The van der Waals surface area contributed by atoms with E-state index in [1.165, 1.54) is 0 Å². The number of amides is 1. The minimum absolute atomic E-state index is 0.128. The van der Waals surface area contributed by atoms with E-state index in [1.54, 1.807) is 41.6 Å². The minimum Gasteiger partial charge on any atom is -0.438 e. The van der Waals surface area contributed by atoms with Gasteiger partial charge < -0.3 is 14.5 Å². The van der Waals surface area contributed by atoms with Gasteiger partial charge in [-0.1, -0.05) is 15.9 Å². The molecular weight excluding hydrogens is 446 g/mol. The van der Waals surface area contributed by atoms with Gasteiger partial charge in [-0.15, -0.1) is 0 Å². The first-order valence-electron chi connectivity index (χ1n) is 9.43. The Labute approximate surface area is 182 Å². The fourth-order valence-electron chi connectivity index (χ4n) is 3.28. The number of nitrogens with zero attached hydrogens (tertiary/aromatic N) is 5. The van der Waals surface area contributed by atoms with Crippen molar-refractivity contribution < 1.29 is 9.53 Å². The Balaban J connectivity index is 1.47. The van der Waals surface area contributed by atoms with Crippen molar-refractivity contribution in [2.75, 3.05) is 31.1 Å². The molecule has 0 spiro atoms. The van der Waals surface area contributed by atoms with Crippen LogP contribution in [0.5, 0.6) is 11.6 Å². The molecule has 150 valence electrons. The average Bonchev–Trinajstić information content (AvgIpc) is 2.80. The predicted octanol–water partition coefficient (Wildman–Crippen LogP) is 3.87. The largest absolute Gasteiger partial charge is 0.438 e. The van der Waals surface area contributed by atoms with Gasteiger partial charge in [0, 0.05) is 43.0 Å². The number of rotatable bonds is 4. The van der Waals surface area contributed by atoms with E-state index in [1.807, 2.05) is 29.2 Å². The number of hydrogen-bond donors (Lipinski definition) is 0. The number of ether oxygens (including phenoxy) is 1. The van der Waals surface area contributed by atoms with Gasteiger partial charge in [0.25, 0.3) is 5.91 Å². The number of piperazine rings is 1. The summed E-state index contributed by atoms with van der Waals surface area (Å²) in [5.74, 6) is 1.42. The van der Waals surface area contributed by atoms with Gasteiger partial charge in [0.05, 0.1) is 5.56 Å². The summed E-state index contributed by atoms with van der Waals surface area (Å²) in [4.78, 5) is 25.5. The lowest BCUT2D eigenvalue weighted by molar-refractivity contribution is 0.0743. The summed E-state index contributed by atoms with van der Waals surface area (Å²) in [6.45, 7) is 2.24. The van der Waals surface area contributed by atoms with E-state index in [2.05, 4.69) is 32.0 Å². The van der Waals surface area contributed by atoms with E-state index in [9.17, 15) is 10.1 Å². The molecule has 0 N–H and O–H groups in total. The number of anilines is 1. The zero-order chi connectivity index (χ0) is 20.9. The van der Waals surface area contributed by atoms with Crippen molar-refractivity contribution in [2.24, 2.45) is 0 Å². The Morgan fingerprint density at radius 1 is 1.00 bits per heavy atom. The van der Waals surface area contributed by atoms with E-state index < -0.39 is 0 Å². The van der Waals surface area contributed by atoms with Crippen LogP contribution in [0.4, 0.5) is 5.82 Å². The SMILES string of the molecule is N#Cc1cccnc1N1CCN(C(=O)c2cccnc2Oc2ccc(Br)cc2)CC1. The molecule has 1 saturated heterocycles. The van der Waals surface area contributed by atoms with Crippen LogP contribution in [0.25, 0.3) is 0 Å². The summed E-state index contributed by atoms with van der Waals surface area (Å²) in [5, 5.41) is 9.30. The molecule has 4 rings (SSSR count). The van der Waals surface area contributed by atoms with Crippen molar-refractivity contribution in [2.45, 2.75) is 0 Å². The second-order valence-electron chi connectivity index (χ2n) is 6.68. The zero-order valence-corrected chi connectivity index (χ0v) is 17.6. The van der Waals surface area contributed by atoms with Gasteiger partial charge in [-0.05, 0) is 48.5 Å². The number of carbonyl (C=O) groups excluding carboxylic acids is 1. The van der Waals surface area contributed by atoms with Crippen LogP contribution in [0.15, 0.2) is 65.4 Å². The van der Waals surface area contributed by atoms with Gasteiger partial charge >= 0.3 is 0 Å². The number of hydrogen-bond acceptors (Lipinski definition) is 6. The highest BCUT2D eigenvalue weighted by Crippen LogP contribution is 2.26. The normalized spacial score (nSPS) is 13.6. The number of carbonyl (C=O) groups is 1. The number of halogens is 1. The van der Waals surface area contributed by atoms with Crippen molar-refractivity contribution in [3.05, 3.63) is 76.5 Å². The van der Waals surface area contributed by atoms with Gasteiger partial charge in [0.1, 0.15) is 23.2 Å². The van der Waals surface area contributed by atoms with E-state index >= 15 is 0 Å². The highest BCUT2D eigenvalue weighted by atomic mass is 79.9. The molecule has 7 nitrogen and oxygen atoms in total. The maximum Gasteiger partial charge on any atom is 0.259 e. The molecule has 1 aliphatic heterocycles. The average molecular weight is 464 g/mol. The molecule has 30 heavy (non-hydrogen) atoms. The van der Waals surface area contributed by atoms with Crippen LogP contribution < -0.4 is 9.64 Å². The molecule has 2 aromatic heterocycles. The third-order valence-corrected chi connectivity index (χ3v) is 5.33. The first-order valence-corrected chi connectivity index (χ1v) is 10.2. The van der Waals surface area contributed by atoms with Crippen LogP contribution in [0, 0.1) is 11.3 Å². The molecule has 8 heteroatoms. The Morgan fingerprint density at radius 2 is 1.70 bits per heavy atom. The van der Waals surface area contributed by atoms with Gasteiger partial charge in [-0.2, -0.15) is 5.26 Å². The molecule has 0 unspecified atom stereocenters. The molecule has 0 saturated carbocycles. The molecule has 0 bridgehead atoms. The second-order valence-corrected chi connectivity index (χ2v) is 7.59. The molecular formula is C22H18BrN5O2. The Kier molecular flexibility index (Phi) is 5.91. The summed E-state index contributed by atoms with van der Waals surface area (Å²) in [5.41, 5.74) is 0.958. The van der Waals surface area contributed by atoms with Crippen molar-refractivity contribution in [1.29, 1.82) is 5.26 Å². The second kappa shape index (κ2) is 8.93. The highest BCUT2D eigenvalue weighted by molar-refractivity contribution is 9.10. The Bertz CT molecular complexity index is 1090. The topological polar surface area (TPSA) is 82.4 Å². The van der Waals surface area contributed by atoms with Gasteiger partial charge in [-0.3, -0.25) is 4.79 Å². The molecule has 0 aliphatic carbocycles. The standard InChI is InChI=1S/C22H18BrN5O2/c23-17-5-7-18(8-6-17)30-21-19(4-2-10-26-21)22(29)28-13-11-27(12-14-28)20-16(15-24)3-1-9-25-20/h1-10H,11-14H2. The molecule has 1 aliphatic rings. The van der Waals surface area contributed by atoms with E-state index in [0.29, 0.717) is 48.9 Å². The molecule has 3 heterocycles. The number of nitriles is 1. The van der Waals surface area contributed by atoms with Crippen LogP contribution in [0.1, 0.15) is 15.9 Å². The number of benzene rings is 1. The Morgan fingerprint density at radius 3 is 2.43 bits per heavy atom. The smallest absolute Gasteiger partial charge is 0.259 e. The van der Waals surface area contributed by atoms with E-state index in [4.69, 9.17) is 4.74 Å². The fraction of sp³-hybridized carbons (Fsp3) is 0.182. The highest BCUT2D eigenvalue weighted by Gasteiger charge is 2.26. The van der Waals surface area contributed by atoms with Crippen molar-refractivity contribution in [1.82, 2.24) is 14.9 Å². The van der Waals surface area contributed by atoms with E-state index in [-0.39, 0.29) is 11.8 Å². The van der Waals surface area contributed by atoms with Crippen LogP contribution in [0.2, 0.25) is 0 Å². The van der Waals surface area contributed by atoms with Gasteiger partial charge in [0.2, 0.25) is 5.88 Å². The first kappa shape index (κ1) is 19.9. The van der Waals surface area contributed by atoms with Crippen molar-refractivity contribution in [3.63, 3.8) is 0 Å². The Hall–Kier alpha value is -3.44. The molecule has 3 aromatic rings. The maximum atomic E-state index is 13.1. The van der Waals surface area contributed by atoms with Crippen LogP contribution in [-0.4, -0.2) is 47.0 Å². The fourth-order valence-corrected chi connectivity index (χ4v) is 3.54. The van der Waals surface area contributed by atoms with Crippen molar-refractivity contribution in [3.8, 4) is 17.7 Å². The molecule has 1 amide bonds. The lowest BCUT2D eigenvalue weighted by Gasteiger charge is -2.35. The molecule has 1 aromatic carbocycles. The van der Waals surface area contributed by atoms with Gasteiger partial charge in [-0.25, -0.2) is 9.97 Å². The third-order valence-electron chi connectivity index (χ3n) is 4.80. The number of pyridine rings is 2. The first-order chi connectivity index (χ1) is 14.7. The van der Waals surface area contributed by atoms with Crippen LogP contribution in [0.3, 0.4) is 0 Å². The predicted molar refractivity (Wildman–Crippen MR) is 116 cm³/mol. The summed E-state index contributed by atoms with van der Waals surface area (Å²) in [7, 11) is 0. The van der Waals surface area contributed by atoms with Crippen LogP contribution in [-0.2, 0) is 0 Å². The molecule has 0 radical (unpaired) electrons. The third kappa shape index (κ3) is 4.26. The molecule has 0 atom stereocenters. The zero-order valence-electron chi connectivity index (χ0n) is 16.0. The quantitative estimate of drug-likeness (QED) is 0.583. The lowest BCUT2D eigenvalue weighted by Crippen LogP contribution is -2.49. The van der Waals surface area contributed by atoms with Gasteiger partial charge in [0.15, 0.2) is 0 Å². The van der Waals surface area contributed by atoms with E-state index in [0.717, 1.165) is 4.47 Å². The maximum absolute atomic E-state index is 13.1. The lowest BCUT2D eigenvalue weighted by atomic mass is 10.2. The summed E-state index contributed by atoms with van der Waals surface area (Å²) in [6.07, 6.45) is 3.28. The summed E-state index contributed by atoms with van der Waals surface area (Å²) >= 11 is 3.39. The minimum atomic E-state index is -0.128. The summed E-state index contributed by atoms with van der Waals surface area (Å²) < 4.78 is 6.80. The monoisotopic (exact) mass is 463 g/mol. The van der Waals surface area contributed by atoms with Crippen molar-refractivity contribution >= 4 is 27.7 Å². The van der Waals surface area contributed by atoms with Crippen LogP contribution >= 0.6 is 15.9 Å². The summed E-state index contributed by atoms with van der Waals surface area (Å²) in [6, 6.07) is 16.5. The molecule has 1 fully saturated rings.